The summed E-state index contributed by atoms with van der Waals surface area (Å²) in [6, 6.07) is 8.15. The van der Waals surface area contributed by atoms with Crippen molar-refractivity contribution in [2.24, 2.45) is 5.10 Å². The van der Waals surface area contributed by atoms with Crippen LogP contribution in [0.5, 0.6) is 5.75 Å². The molecule has 120 valence electrons. The minimum Gasteiger partial charge on any atom is -0.483 e. The first-order valence-corrected chi connectivity index (χ1v) is 6.72. The highest BCUT2D eigenvalue weighted by molar-refractivity contribution is 5.81. The zero-order valence-electron chi connectivity index (χ0n) is 12.6. The van der Waals surface area contributed by atoms with E-state index < -0.39 is 16.7 Å². The molecule has 2 rings (SSSR count). The highest BCUT2D eigenvalue weighted by Gasteiger charge is 2.10. The molecule has 0 aliphatic heterocycles. The second kappa shape index (κ2) is 7.21. The van der Waals surface area contributed by atoms with Gasteiger partial charge in [-0.25, -0.2) is 5.43 Å². The van der Waals surface area contributed by atoms with Gasteiger partial charge in [0.1, 0.15) is 10.7 Å². The van der Waals surface area contributed by atoms with Crippen molar-refractivity contribution in [3.8, 4) is 5.75 Å². The van der Waals surface area contributed by atoms with Crippen molar-refractivity contribution in [3.63, 3.8) is 0 Å². The number of ether oxygens (including phenoxy) is 1. The molecule has 0 aliphatic carbocycles. The number of rotatable bonds is 6. The van der Waals surface area contributed by atoms with E-state index in [0.717, 1.165) is 11.1 Å². The van der Waals surface area contributed by atoms with Crippen molar-refractivity contribution in [1.82, 2.24) is 5.43 Å². The summed E-state index contributed by atoms with van der Waals surface area (Å²) in [5.41, 5.74) is 4.28. The van der Waals surface area contributed by atoms with Crippen LogP contribution < -0.4 is 10.2 Å². The zero-order chi connectivity index (χ0) is 16.8. The third kappa shape index (κ3) is 4.40. The first-order chi connectivity index (χ1) is 11.0. The second-order valence-corrected chi connectivity index (χ2v) is 4.71. The monoisotopic (exact) mass is 317 g/mol. The lowest BCUT2D eigenvalue weighted by atomic mass is 10.1. The van der Waals surface area contributed by atoms with Crippen molar-refractivity contribution in [1.29, 1.82) is 0 Å². The number of benzene rings is 1. The van der Waals surface area contributed by atoms with Gasteiger partial charge < -0.3 is 9.15 Å². The Morgan fingerprint density at radius 3 is 2.87 bits per heavy atom. The number of hydrogen-bond donors (Lipinski definition) is 1. The molecule has 0 saturated heterocycles. The van der Waals surface area contributed by atoms with Gasteiger partial charge in [0, 0.05) is 0 Å². The molecule has 1 aromatic heterocycles. The van der Waals surface area contributed by atoms with Crippen molar-refractivity contribution < 1.29 is 18.9 Å². The number of amides is 1. The van der Waals surface area contributed by atoms with E-state index in [-0.39, 0.29) is 12.4 Å². The van der Waals surface area contributed by atoms with Gasteiger partial charge in [0.2, 0.25) is 0 Å². The molecule has 1 aromatic carbocycles. The highest BCUT2D eigenvalue weighted by Crippen LogP contribution is 2.20. The predicted molar refractivity (Wildman–Crippen MR) is 82.5 cm³/mol. The Balaban J connectivity index is 1.84. The van der Waals surface area contributed by atoms with Gasteiger partial charge in [-0.1, -0.05) is 12.1 Å². The number of hydrazone groups is 1. The third-order valence-corrected chi connectivity index (χ3v) is 3.09. The minimum absolute atomic E-state index is 0.160. The van der Waals surface area contributed by atoms with Crippen molar-refractivity contribution in [3.05, 3.63) is 57.3 Å². The number of carbonyl (C=O) groups is 1. The number of nitrogens with zero attached hydrogens (tertiary/aromatic N) is 2. The Morgan fingerprint density at radius 2 is 2.17 bits per heavy atom. The fourth-order valence-electron chi connectivity index (χ4n) is 1.73. The molecule has 0 fully saturated rings. The second-order valence-electron chi connectivity index (χ2n) is 4.71. The zero-order valence-corrected chi connectivity index (χ0v) is 12.6. The van der Waals surface area contributed by atoms with Crippen molar-refractivity contribution in [2.75, 3.05) is 6.61 Å². The van der Waals surface area contributed by atoms with E-state index in [2.05, 4.69) is 10.5 Å². The highest BCUT2D eigenvalue weighted by atomic mass is 16.6. The average molecular weight is 317 g/mol. The van der Waals surface area contributed by atoms with Gasteiger partial charge in [-0.05, 0) is 37.1 Å². The summed E-state index contributed by atoms with van der Waals surface area (Å²) in [6.07, 6.45) is 1.17. The maximum absolute atomic E-state index is 11.6. The van der Waals surface area contributed by atoms with Crippen LogP contribution in [0.2, 0.25) is 0 Å². The van der Waals surface area contributed by atoms with Gasteiger partial charge in [0.05, 0.1) is 12.3 Å². The van der Waals surface area contributed by atoms with Gasteiger partial charge in [-0.15, -0.1) is 0 Å². The lowest BCUT2D eigenvalue weighted by Gasteiger charge is -2.09. The molecule has 0 bridgehead atoms. The molecule has 23 heavy (non-hydrogen) atoms. The van der Waals surface area contributed by atoms with Crippen LogP contribution in [0.4, 0.5) is 5.88 Å². The summed E-state index contributed by atoms with van der Waals surface area (Å²) in [5, 5.41) is 14.1. The van der Waals surface area contributed by atoms with E-state index in [4.69, 9.17) is 9.15 Å². The Morgan fingerprint density at radius 1 is 1.39 bits per heavy atom. The quantitative estimate of drug-likeness (QED) is 0.500. The topological polar surface area (TPSA) is 107 Å². The van der Waals surface area contributed by atoms with E-state index >= 15 is 0 Å². The lowest BCUT2D eigenvalue weighted by Crippen LogP contribution is -2.24. The fourth-order valence-corrected chi connectivity index (χ4v) is 1.73. The first kappa shape index (κ1) is 16.2. The lowest BCUT2D eigenvalue weighted by molar-refractivity contribution is -0.402. The van der Waals surface area contributed by atoms with Crippen LogP contribution in [0.25, 0.3) is 0 Å². The van der Waals surface area contributed by atoms with Gasteiger partial charge in [0.15, 0.2) is 12.4 Å². The summed E-state index contributed by atoms with van der Waals surface area (Å²) in [5.74, 6) is -0.0579. The third-order valence-electron chi connectivity index (χ3n) is 3.09. The molecule has 1 heterocycles. The molecule has 1 N–H and O–H groups in total. The number of hydrogen-bond acceptors (Lipinski definition) is 6. The van der Waals surface area contributed by atoms with E-state index in [1.54, 1.807) is 6.07 Å². The Labute approximate surface area is 131 Å². The molecule has 8 nitrogen and oxygen atoms in total. The number of furan rings is 1. The summed E-state index contributed by atoms with van der Waals surface area (Å²) in [7, 11) is 0. The summed E-state index contributed by atoms with van der Waals surface area (Å²) >= 11 is 0. The van der Waals surface area contributed by atoms with Gasteiger partial charge >= 0.3 is 5.88 Å². The maximum atomic E-state index is 11.6. The van der Waals surface area contributed by atoms with Crippen LogP contribution in [-0.4, -0.2) is 23.7 Å². The smallest absolute Gasteiger partial charge is 0.433 e. The van der Waals surface area contributed by atoms with Gasteiger partial charge in [-0.3, -0.25) is 14.9 Å². The Kier molecular flexibility index (Phi) is 5.08. The fraction of sp³-hybridized carbons (Fsp3) is 0.200. The van der Waals surface area contributed by atoms with Crippen LogP contribution in [0, 0.1) is 24.0 Å². The normalized spacial score (nSPS) is 10.7. The molecule has 1 amide bonds. The van der Waals surface area contributed by atoms with Crippen LogP contribution in [0.1, 0.15) is 16.9 Å². The molecule has 0 aliphatic rings. The molecule has 0 unspecified atom stereocenters. The number of nitrogens with one attached hydrogen (secondary N) is 1. The summed E-state index contributed by atoms with van der Waals surface area (Å²) < 4.78 is 10.3. The van der Waals surface area contributed by atoms with Crippen LogP contribution in [0.3, 0.4) is 0 Å². The predicted octanol–water partition coefficient (Wildman–Crippen LogP) is 2.33. The SMILES string of the molecule is Cc1cccc(OCC(=O)N/N=C/c2ccc([N+](=O)[O-])o2)c1C. The standard InChI is InChI=1S/C15H15N3O5/c1-10-4-3-5-13(11(10)2)22-9-14(19)17-16-8-12-6-7-15(23-12)18(20)21/h3-8H,9H2,1-2H3,(H,17,19)/b16-8+. The molecule has 0 radical (unpaired) electrons. The van der Waals surface area contributed by atoms with Gasteiger partial charge in [0.25, 0.3) is 5.91 Å². The van der Waals surface area contributed by atoms with E-state index in [1.807, 2.05) is 26.0 Å². The maximum Gasteiger partial charge on any atom is 0.433 e. The Bertz CT molecular complexity index is 751. The van der Waals surface area contributed by atoms with E-state index in [9.17, 15) is 14.9 Å². The van der Waals surface area contributed by atoms with Crippen molar-refractivity contribution >= 4 is 18.0 Å². The number of nitro groups is 1. The first-order valence-electron chi connectivity index (χ1n) is 6.72. The van der Waals surface area contributed by atoms with Crippen molar-refractivity contribution in [2.45, 2.75) is 13.8 Å². The summed E-state index contributed by atoms with van der Waals surface area (Å²) in [4.78, 5) is 21.4. The van der Waals surface area contributed by atoms with Crippen LogP contribution in [-0.2, 0) is 4.79 Å². The molecule has 0 saturated carbocycles. The van der Waals surface area contributed by atoms with Crippen LogP contribution in [0.15, 0.2) is 39.9 Å². The molecule has 0 spiro atoms. The minimum atomic E-state index is -0.659. The molecular weight excluding hydrogens is 302 g/mol. The van der Waals surface area contributed by atoms with Crippen LogP contribution >= 0.6 is 0 Å². The van der Waals surface area contributed by atoms with E-state index in [0.29, 0.717) is 5.75 Å². The Hall–Kier alpha value is -3.16. The number of carbonyl (C=O) groups excluding carboxylic acids is 1. The largest absolute Gasteiger partial charge is 0.483 e. The average Bonchev–Trinajstić information content (AvgIpc) is 2.98. The molecule has 0 atom stereocenters. The number of aryl methyl sites for hydroxylation is 1. The van der Waals surface area contributed by atoms with E-state index in [1.165, 1.54) is 18.3 Å². The van der Waals surface area contributed by atoms with Gasteiger partial charge in [-0.2, -0.15) is 5.10 Å². The molecular formula is C15H15N3O5. The summed E-state index contributed by atoms with van der Waals surface area (Å²) in [6.45, 7) is 3.67. The molecule has 8 heteroatoms. The molecule has 2 aromatic rings.